The molecule has 0 aliphatic heterocycles. The van der Waals surface area contributed by atoms with Gasteiger partial charge in [0.15, 0.2) is 0 Å². The molecule has 2 N–H and O–H groups in total. The standard InChI is InChI=1S/C19H21ClN2O4/c1-25-16-12-15(17(26-2)11-14(16)20)22-19(24)18(23)21-10-6-9-13-7-4-3-5-8-13/h3-5,7-8,11-12H,6,9-10H2,1-2H3,(H,21,23)(H,22,24). The van der Waals surface area contributed by atoms with E-state index in [0.29, 0.717) is 28.8 Å². The van der Waals surface area contributed by atoms with Crippen LogP contribution in [0, 0.1) is 0 Å². The van der Waals surface area contributed by atoms with Gasteiger partial charge in [0, 0.05) is 18.7 Å². The molecule has 2 aromatic carbocycles. The zero-order valence-corrected chi connectivity index (χ0v) is 15.4. The van der Waals surface area contributed by atoms with Crippen LogP contribution in [0.25, 0.3) is 0 Å². The Kier molecular flexibility index (Phi) is 7.29. The first-order chi connectivity index (χ1) is 12.5. The quantitative estimate of drug-likeness (QED) is 0.575. The van der Waals surface area contributed by atoms with Crippen LogP contribution in [0.1, 0.15) is 12.0 Å². The lowest BCUT2D eigenvalue weighted by Gasteiger charge is -2.13. The summed E-state index contributed by atoms with van der Waals surface area (Å²) in [6, 6.07) is 12.9. The molecule has 0 spiro atoms. The van der Waals surface area contributed by atoms with Crippen LogP contribution >= 0.6 is 11.6 Å². The molecule has 0 aliphatic carbocycles. The number of ether oxygens (including phenoxy) is 2. The number of carbonyl (C=O) groups is 2. The fraction of sp³-hybridized carbons (Fsp3) is 0.263. The van der Waals surface area contributed by atoms with Crippen LogP contribution in [0.3, 0.4) is 0 Å². The number of carbonyl (C=O) groups excluding carboxylic acids is 2. The van der Waals surface area contributed by atoms with E-state index in [1.807, 2.05) is 30.3 Å². The Morgan fingerprint density at radius 2 is 1.69 bits per heavy atom. The minimum atomic E-state index is -0.785. The molecule has 138 valence electrons. The first kappa shape index (κ1) is 19.6. The molecule has 2 aromatic rings. The van der Waals surface area contributed by atoms with Gasteiger partial charge in [-0.1, -0.05) is 41.9 Å². The maximum absolute atomic E-state index is 12.1. The van der Waals surface area contributed by atoms with Gasteiger partial charge in [-0.05, 0) is 18.4 Å². The highest BCUT2D eigenvalue weighted by atomic mass is 35.5. The van der Waals surface area contributed by atoms with Crippen LogP contribution in [-0.4, -0.2) is 32.6 Å². The first-order valence-electron chi connectivity index (χ1n) is 8.09. The van der Waals surface area contributed by atoms with Gasteiger partial charge < -0.3 is 20.1 Å². The van der Waals surface area contributed by atoms with Crippen molar-refractivity contribution in [1.82, 2.24) is 5.32 Å². The predicted octanol–water partition coefficient (Wildman–Crippen LogP) is 3.04. The maximum Gasteiger partial charge on any atom is 0.313 e. The van der Waals surface area contributed by atoms with Gasteiger partial charge in [0.2, 0.25) is 0 Å². The molecule has 2 amide bonds. The minimum absolute atomic E-state index is 0.304. The third-order valence-electron chi connectivity index (χ3n) is 3.70. The molecule has 7 heteroatoms. The third kappa shape index (κ3) is 5.39. The normalized spacial score (nSPS) is 10.1. The molecule has 0 fully saturated rings. The fourth-order valence-electron chi connectivity index (χ4n) is 2.36. The third-order valence-corrected chi connectivity index (χ3v) is 3.99. The van der Waals surface area contributed by atoms with Gasteiger partial charge >= 0.3 is 11.8 Å². The van der Waals surface area contributed by atoms with E-state index in [-0.39, 0.29) is 0 Å². The second-order valence-electron chi connectivity index (χ2n) is 5.49. The van der Waals surface area contributed by atoms with Gasteiger partial charge in [-0.15, -0.1) is 0 Å². The van der Waals surface area contributed by atoms with Crippen LogP contribution in [0.15, 0.2) is 42.5 Å². The number of anilines is 1. The molecule has 0 radical (unpaired) electrons. The van der Waals surface area contributed by atoms with Gasteiger partial charge in [-0.2, -0.15) is 0 Å². The van der Waals surface area contributed by atoms with Gasteiger partial charge in [-0.3, -0.25) is 9.59 Å². The van der Waals surface area contributed by atoms with E-state index >= 15 is 0 Å². The van der Waals surface area contributed by atoms with Crippen LogP contribution in [0.5, 0.6) is 11.5 Å². The van der Waals surface area contributed by atoms with E-state index in [1.165, 1.54) is 31.9 Å². The molecule has 26 heavy (non-hydrogen) atoms. The molecule has 0 saturated heterocycles. The smallest absolute Gasteiger partial charge is 0.313 e. The summed E-state index contributed by atoms with van der Waals surface area (Å²) in [5.41, 5.74) is 1.49. The van der Waals surface area contributed by atoms with E-state index in [9.17, 15) is 9.59 Å². The summed E-state index contributed by atoms with van der Waals surface area (Å²) in [6.45, 7) is 0.405. The Bertz CT molecular complexity index is 766. The van der Waals surface area contributed by atoms with E-state index in [4.69, 9.17) is 21.1 Å². The Morgan fingerprint density at radius 1 is 1.00 bits per heavy atom. The van der Waals surface area contributed by atoms with Crippen molar-refractivity contribution >= 4 is 29.1 Å². The van der Waals surface area contributed by atoms with Crippen LogP contribution in [0.4, 0.5) is 5.69 Å². The highest BCUT2D eigenvalue weighted by Crippen LogP contribution is 2.35. The molecule has 0 aliphatic rings. The van der Waals surface area contributed by atoms with Crippen molar-refractivity contribution in [3.63, 3.8) is 0 Å². The second kappa shape index (κ2) is 9.68. The van der Waals surface area contributed by atoms with Gasteiger partial charge in [0.05, 0.1) is 24.9 Å². The molecule has 0 bridgehead atoms. The molecule has 0 saturated carbocycles. The molecule has 6 nitrogen and oxygen atoms in total. The number of benzene rings is 2. The summed E-state index contributed by atoms with van der Waals surface area (Å²) >= 11 is 6.02. The monoisotopic (exact) mass is 376 g/mol. The summed E-state index contributed by atoms with van der Waals surface area (Å²) in [7, 11) is 2.90. The van der Waals surface area contributed by atoms with Crippen molar-refractivity contribution in [2.75, 3.05) is 26.1 Å². The number of hydrogen-bond donors (Lipinski definition) is 2. The fourth-order valence-corrected chi connectivity index (χ4v) is 2.59. The number of aryl methyl sites for hydroxylation is 1. The van der Waals surface area contributed by atoms with Crippen molar-refractivity contribution in [3.8, 4) is 11.5 Å². The zero-order chi connectivity index (χ0) is 18.9. The highest BCUT2D eigenvalue weighted by Gasteiger charge is 2.17. The van der Waals surface area contributed by atoms with Crippen LogP contribution < -0.4 is 20.1 Å². The Balaban J connectivity index is 1.87. The summed E-state index contributed by atoms with van der Waals surface area (Å²) in [4.78, 5) is 24.0. The van der Waals surface area contributed by atoms with Crippen molar-refractivity contribution < 1.29 is 19.1 Å². The van der Waals surface area contributed by atoms with Gasteiger partial charge in [-0.25, -0.2) is 0 Å². The van der Waals surface area contributed by atoms with E-state index in [0.717, 1.165) is 12.8 Å². The first-order valence-corrected chi connectivity index (χ1v) is 8.47. The number of nitrogens with one attached hydrogen (secondary N) is 2. The molecule has 0 atom stereocenters. The zero-order valence-electron chi connectivity index (χ0n) is 14.7. The van der Waals surface area contributed by atoms with Gasteiger partial charge in [0.1, 0.15) is 11.5 Å². The van der Waals surface area contributed by atoms with Crippen molar-refractivity contribution in [2.24, 2.45) is 0 Å². The number of rotatable bonds is 7. The summed E-state index contributed by atoms with van der Waals surface area (Å²) < 4.78 is 10.3. The van der Waals surface area contributed by atoms with E-state index < -0.39 is 11.8 Å². The lowest BCUT2D eigenvalue weighted by atomic mass is 10.1. The average Bonchev–Trinajstić information content (AvgIpc) is 2.66. The topological polar surface area (TPSA) is 76.7 Å². The van der Waals surface area contributed by atoms with Crippen molar-refractivity contribution in [3.05, 3.63) is 53.1 Å². The average molecular weight is 377 g/mol. The number of halogens is 1. The minimum Gasteiger partial charge on any atom is -0.495 e. The molecular formula is C19H21ClN2O4. The highest BCUT2D eigenvalue weighted by molar-refractivity contribution is 6.40. The largest absolute Gasteiger partial charge is 0.495 e. The number of amides is 2. The van der Waals surface area contributed by atoms with Crippen molar-refractivity contribution in [2.45, 2.75) is 12.8 Å². The number of methoxy groups -OCH3 is 2. The van der Waals surface area contributed by atoms with Crippen LogP contribution in [-0.2, 0) is 16.0 Å². The summed E-state index contributed by atoms with van der Waals surface area (Å²) in [5.74, 6) is -0.798. The Morgan fingerprint density at radius 3 is 2.35 bits per heavy atom. The lowest BCUT2D eigenvalue weighted by molar-refractivity contribution is -0.136. The Labute approximate surface area is 157 Å². The number of hydrogen-bond acceptors (Lipinski definition) is 4. The van der Waals surface area contributed by atoms with Crippen molar-refractivity contribution in [1.29, 1.82) is 0 Å². The SMILES string of the molecule is COc1cc(NC(=O)C(=O)NCCCc2ccccc2)c(OC)cc1Cl. The summed E-state index contributed by atoms with van der Waals surface area (Å²) in [6.07, 6.45) is 1.56. The molecule has 2 rings (SSSR count). The molecule has 0 aromatic heterocycles. The molecule has 0 unspecified atom stereocenters. The van der Waals surface area contributed by atoms with E-state index in [2.05, 4.69) is 10.6 Å². The van der Waals surface area contributed by atoms with Crippen LogP contribution in [0.2, 0.25) is 5.02 Å². The van der Waals surface area contributed by atoms with Gasteiger partial charge in [0.25, 0.3) is 0 Å². The predicted molar refractivity (Wildman–Crippen MR) is 101 cm³/mol. The maximum atomic E-state index is 12.1. The molecule has 0 heterocycles. The second-order valence-corrected chi connectivity index (χ2v) is 5.89. The van der Waals surface area contributed by atoms with E-state index in [1.54, 1.807) is 0 Å². The lowest BCUT2D eigenvalue weighted by Crippen LogP contribution is -2.36. The Hall–Kier alpha value is -2.73. The summed E-state index contributed by atoms with van der Waals surface area (Å²) in [5, 5.41) is 5.45. The molecular weight excluding hydrogens is 356 g/mol.